The number of rotatable bonds is 2. The third-order valence-electron chi connectivity index (χ3n) is 2.90. The molecule has 88 valence electrons. The van der Waals surface area contributed by atoms with Gasteiger partial charge in [-0.2, -0.15) is 5.10 Å². The molecule has 1 fully saturated rings. The number of thioether (sulfide) groups is 1. The Balaban J connectivity index is 2.13. The Kier molecular flexibility index (Phi) is 2.84. The summed E-state index contributed by atoms with van der Waals surface area (Å²) in [7, 11) is 1.76. The number of aromatic nitrogens is 2. The summed E-state index contributed by atoms with van der Waals surface area (Å²) in [6.45, 7) is 1.98. The molecule has 0 spiro atoms. The van der Waals surface area contributed by atoms with Crippen LogP contribution in [0.3, 0.4) is 0 Å². The predicted octanol–water partition coefficient (Wildman–Crippen LogP) is 1.23. The van der Waals surface area contributed by atoms with Gasteiger partial charge in [0.15, 0.2) is 5.82 Å². The molecule has 0 saturated carbocycles. The van der Waals surface area contributed by atoms with E-state index in [4.69, 9.17) is 5.73 Å². The summed E-state index contributed by atoms with van der Waals surface area (Å²) >= 11 is 1.70. The average Bonchev–Trinajstić information content (AvgIpc) is 2.80. The average molecular weight is 240 g/mol. The number of nitrogen functional groups attached to an aromatic ring is 1. The molecule has 0 aliphatic carbocycles. The van der Waals surface area contributed by atoms with E-state index in [0.29, 0.717) is 11.5 Å². The SMILES string of the molecule is Cn1ncc(N)c1NC(=O)C1(C)CCCS1. The van der Waals surface area contributed by atoms with Crippen molar-refractivity contribution < 1.29 is 4.79 Å². The maximum absolute atomic E-state index is 12.1. The van der Waals surface area contributed by atoms with Crippen molar-refractivity contribution in [3.8, 4) is 0 Å². The number of aryl methyl sites for hydroxylation is 1. The molecule has 1 amide bonds. The van der Waals surface area contributed by atoms with Crippen molar-refractivity contribution in [1.82, 2.24) is 9.78 Å². The van der Waals surface area contributed by atoms with Crippen molar-refractivity contribution >= 4 is 29.2 Å². The zero-order chi connectivity index (χ0) is 11.8. The van der Waals surface area contributed by atoms with E-state index < -0.39 is 0 Å². The highest BCUT2D eigenvalue weighted by molar-refractivity contribution is 8.01. The zero-order valence-electron chi connectivity index (χ0n) is 9.49. The fourth-order valence-corrected chi connectivity index (χ4v) is 3.02. The summed E-state index contributed by atoms with van der Waals surface area (Å²) < 4.78 is 1.26. The molecular formula is C10H16N4OS. The van der Waals surface area contributed by atoms with Gasteiger partial charge < -0.3 is 11.1 Å². The van der Waals surface area contributed by atoms with Crippen LogP contribution < -0.4 is 11.1 Å². The van der Waals surface area contributed by atoms with Gasteiger partial charge in [-0.15, -0.1) is 11.8 Å². The Labute approximate surface area is 98.8 Å². The highest BCUT2D eigenvalue weighted by Crippen LogP contribution is 2.38. The Morgan fingerprint density at radius 3 is 3.00 bits per heavy atom. The summed E-state index contributed by atoms with van der Waals surface area (Å²) in [5.74, 6) is 1.65. The minimum Gasteiger partial charge on any atom is -0.394 e. The summed E-state index contributed by atoms with van der Waals surface area (Å²) in [5, 5.41) is 6.85. The van der Waals surface area contributed by atoms with Crippen molar-refractivity contribution in [3.63, 3.8) is 0 Å². The summed E-state index contributed by atoms with van der Waals surface area (Å²) in [5.41, 5.74) is 6.23. The third kappa shape index (κ3) is 1.89. The Morgan fingerprint density at radius 1 is 1.75 bits per heavy atom. The molecular weight excluding hydrogens is 224 g/mol. The standard InChI is InChI=1S/C10H16N4OS/c1-10(4-3-5-16-10)9(15)13-8-7(11)6-12-14(8)2/h6H,3-5,11H2,1-2H3,(H,13,15). The second-order valence-electron chi connectivity index (χ2n) is 4.21. The van der Waals surface area contributed by atoms with Gasteiger partial charge in [0.25, 0.3) is 0 Å². The molecule has 0 radical (unpaired) electrons. The quantitative estimate of drug-likeness (QED) is 0.815. The van der Waals surface area contributed by atoms with E-state index >= 15 is 0 Å². The molecule has 3 N–H and O–H groups in total. The second kappa shape index (κ2) is 4.01. The highest BCUT2D eigenvalue weighted by atomic mass is 32.2. The number of nitrogens with one attached hydrogen (secondary N) is 1. The summed E-state index contributed by atoms with van der Waals surface area (Å²) in [6.07, 6.45) is 3.55. The van der Waals surface area contributed by atoms with Gasteiger partial charge in [-0.1, -0.05) is 0 Å². The van der Waals surface area contributed by atoms with Crippen LogP contribution in [0.15, 0.2) is 6.20 Å². The lowest BCUT2D eigenvalue weighted by Crippen LogP contribution is -2.35. The van der Waals surface area contributed by atoms with E-state index in [0.717, 1.165) is 18.6 Å². The van der Waals surface area contributed by atoms with Gasteiger partial charge in [0.1, 0.15) is 0 Å². The lowest BCUT2D eigenvalue weighted by atomic mass is 10.1. The molecule has 0 aromatic carbocycles. The van der Waals surface area contributed by atoms with Crippen molar-refractivity contribution in [2.75, 3.05) is 16.8 Å². The molecule has 2 heterocycles. The van der Waals surface area contributed by atoms with E-state index in [1.807, 2.05) is 6.92 Å². The normalized spacial score (nSPS) is 24.6. The Morgan fingerprint density at radius 2 is 2.50 bits per heavy atom. The van der Waals surface area contributed by atoms with Crippen LogP contribution in [0, 0.1) is 0 Å². The van der Waals surface area contributed by atoms with E-state index in [1.54, 1.807) is 29.7 Å². The number of nitrogens with two attached hydrogens (primary N) is 1. The molecule has 1 aliphatic heterocycles. The molecule has 16 heavy (non-hydrogen) atoms. The van der Waals surface area contributed by atoms with Crippen LogP contribution in [0.2, 0.25) is 0 Å². The van der Waals surface area contributed by atoms with Gasteiger partial charge in [-0.05, 0) is 25.5 Å². The van der Waals surface area contributed by atoms with Crippen molar-refractivity contribution in [3.05, 3.63) is 6.20 Å². The molecule has 5 nitrogen and oxygen atoms in total. The van der Waals surface area contributed by atoms with Crippen LogP contribution in [0.5, 0.6) is 0 Å². The Bertz CT molecular complexity index is 389. The molecule has 1 unspecified atom stereocenters. The van der Waals surface area contributed by atoms with Crippen LogP contribution in [-0.2, 0) is 11.8 Å². The Hall–Kier alpha value is -1.17. The number of carbonyl (C=O) groups excluding carboxylic acids is 1. The first-order valence-corrected chi connectivity index (χ1v) is 6.24. The second-order valence-corrected chi connectivity index (χ2v) is 5.81. The maximum atomic E-state index is 12.1. The van der Waals surface area contributed by atoms with Gasteiger partial charge in [0.2, 0.25) is 5.91 Å². The smallest absolute Gasteiger partial charge is 0.241 e. The first-order valence-electron chi connectivity index (χ1n) is 5.26. The largest absolute Gasteiger partial charge is 0.394 e. The van der Waals surface area contributed by atoms with Gasteiger partial charge in [-0.25, -0.2) is 0 Å². The van der Waals surface area contributed by atoms with Crippen molar-refractivity contribution in [2.45, 2.75) is 24.5 Å². The van der Waals surface area contributed by atoms with Gasteiger partial charge >= 0.3 is 0 Å². The molecule has 1 saturated heterocycles. The van der Waals surface area contributed by atoms with E-state index in [9.17, 15) is 4.79 Å². The van der Waals surface area contributed by atoms with Crippen LogP contribution in [-0.4, -0.2) is 26.2 Å². The first-order chi connectivity index (χ1) is 7.53. The topological polar surface area (TPSA) is 72.9 Å². The lowest BCUT2D eigenvalue weighted by Gasteiger charge is -2.21. The zero-order valence-corrected chi connectivity index (χ0v) is 10.3. The van der Waals surface area contributed by atoms with Crippen LogP contribution in [0.1, 0.15) is 19.8 Å². The van der Waals surface area contributed by atoms with Crippen LogP contribution in [0.4, 0.5) is 11.5 Å². The van der Waals surface area contributed by atoms with Gasteiger partial charge in [0, 0.05) is 7.05 Å². The van der Waals surface area contributed by atoms with E-state index in [1.165, 1.54) is 0 Å². The van der Waals surface area contributed by atoms with Crippen molar-refractivity contribution in [1.29, 1.82) is 0 Å². The molecule has 1 aromatic rings. The first kappa shape index (κ1) is 11.3. The molecule has 2 rings (SSSR count). The fourth-order valence-electron chi connectivity index (χ4n) is 1.81. The monoisotopic (exact) mass is 240 g/mol. The van der Waals surface area contributed by atoms with Gasteiger partial charge in [0.05, 0.1) is 16.6 Å². The number of hydrogen-bond donors (Lipinski definition) is 2. The third-order valence-corrected chi connectivity index (χ3v) is 4.42. The van der Waals surface area contributed by atoms with E-state index in [-0.39, 0.29) is 10.7 Å². The predicted molar refractivity (Wildman–Crippen MR) is 66.3 cm³/mol. The maximum Gasteiger partial charge on any atom is 0.241 e. The molecule has 1 atom stereocenters. The lowest BCUT2D eigenvalue weighted by molar-refractivity contribution is -0.118. The number of carbonyl (C=O) groups is 1. The minimum absolute atomic E-state index is 0.0188. The summed E-state index contributed by atoms with van der Waals surface area (Å²) in [4.78, 5) is 12.1. The van der Waals surface area contributed by atoms with Crippen LogP contribution in [0.25, 0.3) is 0 Å². The molecule has 1 aliphatic rings. The highest BCUT2D eigenvalue weighted by Gasteiger charge is 2.37. The summed E-state index contributed by atoms with van der Waals surface area (Å²) in [6, 6.07) is 0. The molecule has 1 aromatic heterocycles. The van der Waals surface area contributed by atoms with Gasteiger partial charge in [-0.3, -0.25) is 9.48 Å². The van der Waals surface area contributed by atoms with Crippen molar-refractivity contribution in [2.24, 2.45) is 7.05 Å². The number of anilines is 2. The fraction of sp³-hybridized carbons (Fsp3) is 0.600. The number of hydrogen-bond acceptors (Lipinski definition) is 4. The van der Waals surface area contributed by atoms with E-state index in [2.05, 4.69) is 10.4 Å². The molecule has 0 bridgehead atoms. The number of nitrogens with zero attached hydrogens (tertiary/aromatic N) is 2. The minimum atomic E-state index is -0.323. The van der Waals surface area contributed by atoms with Crippen LogP contribution >= 0.6 is 11.8 Å². The molecule has 6 heteroatoms. The number of amides is 1.